The Balaban J connectivity index is 2.12. The molecule has 114 valence electrons. The molecule has 2 N–H and O–H groups in total. The van der Waals surface area contributed by atoms with Crippen LogP contribution in [0.4, 0.5) is 17.1 Å². The molecule has 0 atom stereocenters. The molecule has 0 bridgehead atoms. The maximum atomic E-state index is 10.8. The minimum Gasteiger partial charge on any atom is -0.494 e. The van der Waals surface area contributed by atoms with Crippen LogP contribution in [0.5, 0.6) is 5.75 Å². The van der Waals surface area contributed by atoms with Gasteiger partial charge in [0, 0.05) is 11.8 Å². The van der Waals surface area contributed by atoms with Gasteiger partial charge in [0.2, 0.25) is 0 Å². The van der Waals surface area contributed by atoms with Gasteiger partial charge in [-0.05, 0) is 42.9 Å². The van der Waals surface area contributed by atoms with Crippen molar-refractivity contribution in [2.45, 2.75) is 6.92 Å². The van der Waals surface area contributed by atoms with Gasteiger partial charge < -0.3 is 15.4 Å². The third-order valence-electron chi connectivity index (χ3n) is 2.92. The van der Waals surface area contributed by atoms with E-state index in [1.807, 2.05) is 31.2 Å². The van der Waals surface area contributed by atoms with Crippen molar-refractivity contribution in [2.24, 2.45) is 0 Å². The van der Waals surface area contributed by atoms with Crippen molar-refractivity contribution in [3.8, 4) is 5.75 Å². The molecule has 0 aliphatic carbocycles. The lowest BCUT2D eigenvalue weighted by Crippen LogP contribution is -2.19. The number of rotatable bonds is 4. The molecule has 22 heavy (non-hydrogen) atoms. The maximum Gasteiger partial charge on any atom is 0.273 e. The van der Waals surface area contributed by atoms with Gasteiger partial charge in [-0.3, -0.25) is 10.1 Å². The molecule has 0 amide bonds. The third kappa shape index (κ3) is 3.92. The molecule has 0 aliphatic heterocycles. The zero-order valence-corrected chi connectivity index (χ0v) is 12.9. The number of thiocarbonyl (C=S) groups is 1. The van der Waals surface area contributed by atoms with Gasteiger partial charge in [0.1, 0.15) is 5.75 Å². The van der Waals surface area contributed by atoms with E-state index in [2.05, 4.69) is 10.6 Å². The first-order valence-electron chi connectivity index (χ1n) is 6.46. The molecule has 0 aliphatic rings. The largest absolute Gasteiger partial charge is 0.494 e. The first-order chi connectivity index (χ1) is 10.5. The molecule has 0 spiro atoms. The van der Waals surface area contributed by atoms with E-state index in [1.54, 1.807) is 6.07 Å². The minimum atomic E-state index is -0.477. The molecule has 2 rings (SSSR count). The highest BCUT2D eigenvalue weighted by molar-refractivity contribution is 7.80. The Morgan fingerprint density at radius 2 is 2.00 bits per heavy atom. The number of benzene rings is 2. The average molecular weight is 317 g/mol. The van der Waals surface area contributed by atoms with E-state index >= 15 is 0 Å². The van der Waals surface area contributed by atoms with Crippen LogP contribution in [0.1, 0.15) is 5.56 Å². The molecule has 0 fully saturated rings. The fourth-order valence-corrected chi connectivity index (χ4v) is 2.13. The van der Waals surface area contributed by atoms with Crippen molar-refractivity contribution in [1.29, 1.82) is 0 Å². The first-order valence-corrected chi connectivity index (χ1v) is 6.87. The van der Waals surface area contributed by atoms with E-state index in [-0.39, 0.29) is 5.69 Å². The summed E-state index contributed by atoms with van der Waals surface area (Å²) in [5.41, 5.74) is 2.48. The number of nitrogens with one attached hydrogen (secondary N) is 2. The van der Waals surface area contributed by atoms with E-state index < -0.39 is 4.92 Å². The first kappa shape index (κ1) is 15.7. The monoisotopic (exact) mass is 317 g/mol. The Bertz CT molecular complexity index is 719. The van der Waals surface area contributed by atoms with Gasteiger partial charge in [-0.25, -0.2) is 0 Å². The number of non-ortho nitro benzene ring substituents is 1. The number of hydrogen-bond donors (Lipinski definition) is 2. The van der Waals surface area contributed by atoms with E-state index in [0.717, 1.165) is 11.3 Å². The van der Waals surface area contributed by atoms with Gasteiger partial charge >= 0.3 is 0 Å². The van der Waals surface area contributed by atoms with Crippen molar-refractivity contribution in [3.63, 3.8) is 0 Å². The molecule has 6 nitrogen and oxygen atoms in total. The minimum absolute atomic E-state index is 0.0417. The predicted octanol–water partition coefficient (Wildman–Crippen LogP) is 3.72. The maximum absolute atomic E-state index is 10.8. The Morgan fingerprint density at radius 3 is 2.64 bits per heavy atom. The van der Waals surface area contributed by atoms with E-state index in [0.29, 0.717) is 16.5 Å². The molecule has 0 aromatic heterocycles. The van der Waals surface area contributed by atoms with Crippen LogP contribution in [0, 0.1) is 17.0 Å². The van der Waals surface area contributed by atoms with Gasteiger partial charge in [-0.2, -0.15) is 0 Å². The van der Waals surface area contributed by atoms with Crippen LogP contribution in [-0.2, 0) is 0 Å². The number of hydrogen-bond acceptors (Lipinski definition) is 4. The van der Waals surface area contributed by atoms with E-state index in [4.69, 9.17) is 17.0 Å². The Hall–Kier alpha value is -2.67. The van der Waals surface area contributed by atoms with Gasteiger partial charge in [-0.1, -0.05) is 12.1 Å². The number of nitrogens with zero attached hydrogens (tertiary/aromatic N) is 1. The normalized spacial score (nSPS) is 9.91. The summed E-state index contributed by atoms with van der Waals surface area (Å²) >= 11 is 5.24. The molecular formula is C15H15N3O3S. The standard InChI is InChI=1S/C15H15N3O3S/c1-10-4-3-5-11(8-10)16-15(22)17-13-7-6-12(18(19)20)9-14(13)21-2/h3-9H,1-2H3,(H2,16,17,22). The lowest BCUT2D eigenvalue weighted by Gasteiger charge is -2.13. The summed E-state index contributed by atoms with van der Waals surface area (Å²) in [6.07, 6.45) is 0. The number of ether oxygens (including phenoxy) is 1. The summed E-state index contributed by atoms with van der Waals surface area (Å²) in [4.78, 5) is 10.3. The van der Waals surface area contributed by atoms with Crippen molar-refractivity contribution in [2.75, 3.05) is 17.7 Å². The molecule has 0 radical (unpaired) electrons. The van der Waals surface area contributed by atoms with Gasteiger partial charge in [0.15, 0.2) is 5.11 Å². The van der Waals surface area contributed by atoms with E-state index in [9.17, 15) is 10.1 Å². The van der Waals surface area contributed by atoms with Gasteiger partial charge in [0.05, 0.1) is 23.8 Å². The number of nitro groups is 1. The Kier molecular flexibility index (Phi) is 4.90. The van der Waals surface area contributed by atoms with Crippen LogP contribution in [0.3, 0.4) is 0 Å². The van der Waals surface area contributed by atoms with Crippen LogP contribution in [0.15, 0.2) is 42.5 Å². The fraction of sp³-hybridized carbons (Fsp3) is 0.133. The number of aryl methyl sites for hydroxylation is 1. The van der Waals surface area contributed by atoms with Crippen molar-refractivity contribution >= 4 is 34.4 Å². The number of nitro benzene ring substituents is 1. The lowest BCUT2D eigenvalue weighted by atomic mass is 10.2. The summed E-state index contributed by atoms with van der Waals surface area (Å²) in [6, 6.07) is 12.1. The second kappa shape index (κ2) is 6.86. The zero-order chi connectivity index (χ0) is 16.1. The molecule has 7 heteroatoms. The highest BCUT2D eigenvalue weighted by Crippen LogP contribution is 2.29. The highest BCUT2D eigenvalue weighted by atomic mass is 32.1. The molecule has 2 aromatic rings. The predicted molar refractivity (Wildman–Crippen MR) is 90.7 cm³/mol. The van der Waals surface area contributed by atoms with Crippen LogP contribution < -0.4 is 15.4 Å². The smallest absolute Gasteiger partial charge is 0.273 e. The van der Waals surface area contributed by atoms with Gasteiger partial charge in [-0.15, -0.1) is 0 Å². The van der Waals surface area contributed by atoms with E-state index in [1.165, 1.54) is 19.2 Å². The van der Waals surface area contributed by atoms with Crippen LogP contribution in [0.25, 0.3) is 0 Å². The van der Waals surface area contributed by atoms with Crippen LogP contribution >= 0.6 is 12.2 Å². The molecule has 0 saturated carbocycles. The Labute approximate surface area is 133 Å². The quantitative estimate of drug-likeness (QED) is 0.508. The molecule has 2 aromatic carbocycles. The molecule has 0 heterocycles. The summed E-state index contributed by atoms with van der Waals surface area (Å²) in [5.74, 6) is 0.350. The number of methoxy groups -OCH3 is 1. The molecule has 0 unspecified atom stereocenters. The van der Waals surface area contributed by atoms with Crippen LogP contribution in [-0.4, -0.2) is 17.1 Å². The summed E-state index contributed by atoms with van der Waals surface area (Å²) in [5, 5.41) is 17.2. The third-order valence-corrected chi connectivity index (χ3v) is 3.12. The summed E-state index contributed by atoms with van der Waals surface area (Å²) < 4.78 is 5.15. The fourth-order valence-electron chi connectivity index (χ4n) is 1.90. The number of anilines is 2. The van der Waals surface area contributed by atoms with Crippen molar-refractivity contribution in [3.05, 3.63) is 58.1 Å². The zero-order valence-electron chi connectivity index (χ0n) is 12.1. The lowest BCUT2D eigenvalue weighted by molar-refractivity contribution is -0.384. The topological polar surface area (TPSA) is 76.4 Å². The summed E-state index contributed by atoms with van der Waals surface area (Å²) in [7, 11) is 1.45. The summed E-state index contributed by atoms with van der Waals surface area (Å²) in [6.45, 7) is 1.99. The molecule has 0 saturated heterocycles. The second-order valence-corrected chi connectivity index (χ2v) is 5.00. The highest BCUT2D eigenvalue weighted by Gasteiger charge is 2.12. The Morgan fingerprint density at radius 1 is 1.23 bits per heavy atom. The average Bonchev–Trinajstić information content (AvgIpc) is 2.47. The van der Waals surface area contributed by atoms with Gasteiger partial charge in [0.25, 0.3) is 5.69 Å². The molecular weight excluding hydrogens is 302 g/mol. The van der Waals surface area contributed by atoms with Crippen LogP contribution in [0.2, 0.25) is 0 Å². The second-order valence-electron chi connectivity index (χ2n) is 4.59. The van der Waals surface area contributed by atoms with Crippen molar-refractivity contribution < 1.29 is 9.66 Å². The SMILES string of the molecule is COc1cc([N+](=O)[O-])ccc1NC(=S)Nc1cccc(C)c1. The van der Waals surface area contributed by atoms with Crippen molar-refractivity contribution in [1.82, 2.24) is 0 Å².